The molecule has 0 aliphatic carbocycles. The molecule has 0 unspecified atom stereocenters. The van der Waals surface area contributed by atoms with Crippen LogP contribution in [0.1, 0.15) is 5.56 Å². The van der Waals surface area contributed by atoms with E-state index in [9.17, 15) is 13.6 Å². The highest BCUT2D eigenvalue weighted by molar-refractivity contribution is 5.84. The molecule has 0 fully saturated rings. The molecule has 2 aromatic rings. The Labute approximate surface area is 120 Å². The van der Waals surface area contributed by atoms with Gasteiger partial charge < -0.3 is 10.1 Å². The van der Waals surface area contributed by atoms with Gasteiger partial charge in [-0.05, 0) is 42.0 Å². The third-order valence-electron chi connectivity index (χ3n) is 2.80. The van der Waals surface area contributed by atoms with Crippen molar-refractivity contribution in [2.24, 2.45) is 0 Å². The van der Waals surface area contributed by atoms with Gasteiger partial charge in [-0.25, -0.2) is 13.6 Å². The number of carbonyl (C=O) groups excluding carboxylic acids is 1. The molecule has 2 aromatic carbocycles. The molecule has 1 amide bonds. The summed E-state index contributed by atoms with van der Waals surface area (Å²) in [4.78, 5) is 11.0. The van der Waals surface area contributed by atoms with Crippen molar-refractivity contribution in [1.29, 1.82) is 0 Å². The quantitative estimate of drug-likeness (QED) is 0.902. The smallest absolute Gasteiger partial charge is 0.411 e. The highest BCUT2D eigenvalue weighted by Crippen LogP contribution is 2.15. The molecule has 0 aliphatic rings. The van der Waals surface area contributed by atoms with Crippen molar-refractivity contribution >= 4 is 17.5 Å². The molecule has 21 heavy (non-hydrogen) atoms. The van der Waals surface area contributed by atoms with Crippen LogP contribution in [-0.4, -0.2) is 13.2 Å². The summed E-state index contributed by atoms with van der Waals surface area (Å²) in [5.74, 6) is -1.73. The number of rotatable bonds is 4. The topological polar surface area (TPSA) is 50.4 Å². The molecule has 110 valence electrons. The molecule has 4 nitrogen and oxygen atoms in total. The number of ether oxygens (including phenoxy) is 1. The van der Waals surface area contributed by atoms with Crippen molar-refractivity contribution in [3.8, 4) is 0 Å². The van der Waals surface area contributed by atoms with E-state index < -0.39 is 17.7 Å². The molecule has 2 rings (SSSR count). The Bertz CT molecular complexity index is 630. The third kappa shape index (κ3) is 4.17. The van der Waals surface area contributed by atoms with Crippen molar-refractivity contribution in [2.45, 2.75) is 6.54 Å². The Morgan fingerprint density at radius 3 is 2.33 bits per heavy atom. The predicted octanol–water partition coefficient (Wildman–Crippen LogP) is 3.76. The lowest BCUT2D eigenvalue weighted by Gasteiger charge is -2.08. The second kappa shape index (κ2) is 6.69. The minimum atomic E-state index is -0.869. The Balaban J connectivity index is 1.94. The van der Waals surface area contributed by atoms with Crippen LogP contribution in [-0.2, 0) is 11.3 Å². The SMILES string of the molecule is COC(=O)Nc1ccc(NCc2ccc(F)c(F)c2)cc1. The maximum atomic E-state index is 13.1. The van der Waals surface area contributed by atoms with E-state index in [0.717, 1.165) is 17.8 Å². The minimum absolute atomic E-state index is 0.362. The van der Waals surface area contributed by atoms with E-state index in [1.54, 1.807) is 24.3 Å². The highest BCUT2D eigenvalue weighted by atomic mass is 19.2. The van der Waals surface area contributed by atoms with Crippen LogP contribution in [0.25, 0.3) is 0 Å². The first-order chi connectivity index (χ1) is 10.1. The summed E-state index contributed by atoms with van der Waals surface area (Å²) in [5, 5.41) is 5.60. The normalized spacial score (nSPS) is 10.0. The zero-order valence-electron chi connectivity index (χ0n) is 11.3. The minimum Gasteiger partial charge on any atom is -0.453 e. The third-order valence-corrected chi connectivity index (χ3v) is 2.80. The molecule has 2 N–H and O–H groups in total. The van der Waals surface area contributed by atoms with Gasteiger partial charge in [-0.1, -0.05) is 6.07 Å². The first-order valence-corrected chi connectivity index (χ1v) is 6.21. The summed E-state index contributed by atoms with van der Waals surface area (Å²) < 4.78 is 30.3. The van der Waals surface area contributed by atoms with E-state index in [2.05, 4.69) is 15.4 Å². The molecular weight excluding hydrogens is 278 g/mol. The predicted molar refractivity (Wildman–Crippen MR) is 76.2 cm³/mol. The number of nitrogens with one attached hydrogen (secondary N) is 2. The van der Waals surface area contributed by atoms with Gasteiger partial charge in [0.2, 0.25) is 0 Å². The molecule has 6 heteroatoms. The maximum absolute atomic E-state index is 13.1. The number of halogens is 2. The van der Waals surface area contributed by atoms with E-state index in [0.29, 0.717) is 17.8 Å². The molecular formula is C15H14F2N2O2. The molecule has 0 spiro atoms. The van der Waals surface area contributed by atoms with Crippen LogP contribution in [0, 0.1) is 11.6 Å². The molecule has 0 aromatic heterocycles. The molecule has 0 saturated carbocycles. The second-order valence-corrected chi connectivity index (χ2v) is 4.30. The fraction of sp³-hybridized carbons (Fsp3) is 0.133. The van der Waals surface area contributed by atoms with Gasteiger partial charge in [0.15, 0.2) is 11.6 Å². The summed E-state index contributed by atoms with van der Waals surface area (Å²) >= 11 is 0. The van der Waals surface area contributed by atoms with Crippen molar-refractivity contribution in [2.75, 3.05) is 17.7 Å². The van der Waals surface area contributed by atoms with E-state index in [4.69, 9.17) is 0 Å². The Morgan fingerprint density at radius 2 is 1.71 bits per heavy atom. The summed E-state index contributed by atoms with van der Waals surface area (Å²) in [6.07, 6.45) is -0.544. The number of hydrogen-bond acceptors (Lipinski definition) is 3. The van der Waals surface area contributed by atoms with Gasteiger partial charge in [0.05, 0.1) is 7.11 Å². The first kappa shape index (κ1) is 14.8. The number of anilines is 2. The van der Waals surface area contributed by atoms with Gasteiger partial charge in [-0.15, -0.1) is 0 Å². The molecule has 0 heterocycles. The Kier molecular flexibility index (Phi) is 4.71. The lowest BCUT2D eigenvalue weighted by molar-refractivity contribution is 0.187. The van der Waals surface area contributed by atoms with Crippen molar-refractivity contribution in [1.82, 2.24) is 0 Å². The number of carbonyl (C=O) groups is 1. The van der Waals surface area contributed by atoms with E-state index in [1.165, 1.54) is 13.2 Å². The van der Waals surface area contributed by atoms with Gasteiger partial charge in [0, 0.05) is 17.9 Å². The zero-order chi connectivity index (χ0) is 15.2. The first-order valence-electron chi connectivity index (χ1n) is 6.21. The van der Waals surface area contributed by atoms with Crippen LogP contribution >= 0.6 is 0 Å². The summed E-state index contributed by atoms with van der Waals surface area (Å²) in [7, 11) is 1.28. The molecule has 0 radical (unpaired) electrons. The molecule has 0 atom stereocenters. The standard InChI is InChI=1S/C15H14F2N2O2/c1-21-15(20)19-12-5-3-11(4-6-12)18-9-10-2-7-13(16)14(17)8-10/h2-8,18H,9H2,1H3,(H,19,20). The van der Waals surface area contributed by atoms with Crippen LogP contribution < -0.4 is 10.6 Å². The Morgan fingerprint density at radius 1 is 1.05 bits per heavy atom. The average molecular weight is 292 g/mol. The molecule has 0 aliphatic heterocycles. The molecule has 0 bridgehead atoms. The number of methoxy groups -OCH3 is 1. The molecule has 0 saturated heterocycles. The van der Waals surface area contributed by atoms with Gasteiger partial charge >= 0.3 is 6.09 Å². The lowest BCUT2D eigenvalue weighted by Crippen LogP contribution is -2.10. The van der Waals surface area contributed by atoms with Crippen LogP contribution in [0.5, 0.6) is 0 Å². The maximum Gasteiger partial charge on any atom is 0.411 e. The fourth-order valence-electron chi connectivity index (χ4n) is 1.69. The monoisotopic (exact) mass is 292 g/mol. The number of benzene rings is 2. The van der Waals surface area contributed by atoms with Gasteiger partial charge in [0.25, 0.3) is 0 Å². The average Bonchev–Trinajstić information content (AvgIpc) is 2.50. The van der Waals surface area contributed by atoms with Crippen LogP contribution in [0.4, 0.5) is 25.0 Å². The summed E-state index contributed by atoms with van der Waals surface area (Å²) in [6, 6.07) is 10.7. The van der Waals surface area contributed by atoms with Crippen molar-refractivity contribution in [3.05, 3.63) is 59.7 Å². The number of amides is 1. The fourth-order valence-corrected chi connectivity index (χ4v) is 1.69. The van der Waals surface area contributed by atoms with E-state index >= 15 is 0 Å². The van der Waals surface area contributed by atoms with Gasteiger partial charge in [-0.3, -0.25) is 5.32 Å². The van der Waals surface area contributed by atoms with E-state index in [1.807, 2.05) is 0 Å². The van der Waals surface area contributed by atoms with Crippen LogP contribution in [0.2, 0.25) is 0 Å². The largest absolute Gasteiger partial charge is 0.453 e. The van der Waals surface area contributed by atoms with E-state index in [-0.39, 0.29) is 0 Å². The Hall–Kier alpha value is -2.63. The number of hydrogen-bond donors (Lipinski definition) is 2. The van der Waals surface area contributed by atoms with Crippen LogP contribution in [0.15, 0.2) is 42.5 Å². The summed E-state index contributed by atoms with van der Waals surface area (Å²) in [5.41, 5.74) is 2.01. The highest BCUT2D eigenvalue weighted by Gasteiger charge is 2.03. The lowest BCUT2D eigenvalue weighted by atomic mass is 10.2. The van der Waals surface area contributed by atoms with Gasteiger partial charge in [-0.2, -0.15) is 0 Å². The van der Waals surface area contributed by atoms with Crippen LogP contribution in [0.3, 0.4) is 0 Å². The summed E-state index contributed by atoms with van der Waals surface area (Å²) in [6.45, 7) is 0.362. The van der Waals surface area contributed by atoms with Crippen molar-refractivity contribution < 1.29 is 18.3 Å². The second-order valence-electron chi connectivity index (χ2n) is 4.30. The van der Waals surface area contributed by atoms with Crippen molar-refractivity contribution in [3.63, 3.8) is 0 Å². The van der Waals surface area contributed by atoms with Gasteiger partial charge in [0.1, 0.15) is 0 Å². The zero-order valence-corrected chi connectivity index (χ0v) is 11.3.